The molecule has 6 heteroatoms. The fourth-order valence-electron chi connectivity index (χ4n) is 1.94. The first-order valence-electron chi connectivity index (χ1n) is 6.52. The molecule has 114 valence electrons. The van der Waals surface area contributed by atoms with Crippen LogP contribution in [-0.2, 0) is 12.6 Å². The Morgan fingerprint density at radius 2 is 1.90 bits per heavy atom. The molecule has 0 spiro atoms. The largest absolute Gasteiger partial charge is 0.461 e. The maximum Gasteiger partial charge on any atom is 0.419 e. The lowest BCUT2D eigenvalue weighted by molar-refractivity contribution is -0.139. The Balaban J connectivity index is 2.31. The van der Waals surface area contributed by atoms with Crippen LogP contribution < -0.4 is 5.73 Å². The van der Waals surface area contributed by atoms with Gasteiger partial charge in [0.2, 0.25) is 0 Å². The summed E-state index contributed by atoms with van der Waals surface area (Å²) in [6, 6.07) is 5.96. The van der Waals surface area contributed by atoms with Crippen molar-refractivity contribution in [3.8, 4) is 11.3 Å². The van der Waals surface area contributed by atoms with Crippen LogP contribution in [0.4, 0.5) is 17.6 Å². The zero-order valence-corrected chi connectivity index (χ0v) is 11.4. The van der Waals surface area contributed by atoms with Crippen molar-refractivity contribution in [3.63, 3.8) is 0 Å². The number of benzene rings is 1. The second kappa shape index (κ2) is 5.89. The third-order valence-electron chi connectivity index (χ3n) is 3.21. The molecular formula is C15H15F4NO. The first-order valence-corrected chi connectivity index (χ1v) is 6.52. The molecule has 1 aromatic carbocycles. The standard InChI is InChI=1S/C15H15F4NO/c1-2-10(20)8-11-4-6-14(21-11)9-3-5-13(16)12(7-9)15(17,18)19/h3-7,10H,2,8,20H2,1H3. The Morgan fingerprint density at radius 3 is 2.52 bits per heavy atom. The minimum absolute atomic E-state index is 0.0667. The summed E-state index contributed by atoms with van der Waals surface area (Å²) in [6.45, 7) is 1.93. The van der Waals surface area contributed by atoms with Gasteiger partial charge < -0.3 is 10.2 Å². The van der Waals surface area contributed by atoms with Gasteiger partial charge in [0.05, 0.1) is 5.56 Å². The van der Waals surface area contributed by atoms with Crippen molar-refractivity contribution in [1.29, 1.82) is 0 Å². The van der Waals surface area contributed by atoms with E-state index in [0.717, 1.165) is 18.6 Å². The minimum Gasteiger partial charge on any atom is -0.461 e. The summed E-state index contributed by atoms with van der Waals surface area (Å²) >= 11 is 0. The van der Waals surface area contributed by atoms with Gasteiger partial charge in [-0.1, -0.05) is 6.92 Å². The molecule has 2 nitrogen and oxygen atoms in total. The van der Waals surface area contributed by atoms with Gasteiger partial charge >= 0.3 is 6.18 Å². The number of alkyl halides is 3. The van der Waals surface area contributed by atoms with Crippen molar-refractivity contribution in [2.75, 3.05) is 0 Å². The summed E-state index contributed by atoms with van der Waals surface area (Å²) in [5.41, 5.74) is 4.67. The van der Waals surface area contributed by atoms with Gasteiger partial charge in [-0.2, -0.15) is 13.2 Å². The number of hydrogen-bond acceptors (Lipinski definition) is 2. The van der Waals surface area contributed by atoms with E-state index in [2.05, 4.69) is 0 Å². The number of furan rings is 1. The highest BCUT2D eigenvalue weighted by Crippen LogP contribution is 2.34. The lowest BCUT2D eigenvalue weighted by Gasteiger charge is -2.09. The van der Waals surface area contributed by atoms with Gasteiger partial charge in [-0.3, -0.25) is 0 Å². The van der Waals surface area contributed by atoms with Crippen LogP contribution >= 0.6 is 0 Å². The second-order valence-electron chi connectivity index (χ2n) is 4.83. The van der Waals surface area contributed by atoms with Crippen molar-refractivity contribution in [2.45, 2.75) is 32.0 Å². The fourth-order valence-corrected chi connectivity index (χ4v) is 1.94. The third-order valence-corrected chi connectivity index (χ3v) is 3.21. The van der Waals surface area contributed by atoms with E-state index in [1.807, 2.05) is 6.92 Å². The third kappa shape index (κ3) is 3.64. The zero-order chi connectivity index (χ0) is 15.6. The predicted octanol–water partition coefficient (Wildman–Crippen LogP) is 4.38. The SMILES string of the molecule is CCC(N)Cc1ccc(-c2ccc(F)c(C(F)(F)F)c2)o1. The Bertz CT molecular complexity index is 618. The van der Waals surface area contributed by atoms with Gasteiger partial charge in [-0.05, 0) is 36.8 Å². The van der Waals surface area contributed by atoms with E-state index in [4.69, 9.17) is 10.2 Å². The molecule has 1 aromatic heterocycles. The maximum absolute atomic E-state index is 13.2. The average molecular weight is 301 g/mol. The van der Waals surface area contributed by atoms with E-state index >= 15 is 0 Å². The summed E-state index contributed by atoms with van der Waals surface area (Å²) in [7, 11) is 0. The lowest BCUT2D eigenvalue weighted by atomic mass is 10.1. The van der Waals surface area contributed by atoms with Gasteiger partial charge in [0.25, 0.3) is 0 Å². The van der Waals surface area contributed by atoms with Crippen molar-refractivity contribution in [2.24, 2.45) is 5.73 Å². The molecule has 0 aliphatic carbocycles. The van der Waals surface area contributed by atoms with E-state index in [1.54, 1.807) is 12.1 Å². The summed E-state index contributed by atoms with van der Waals surface area (Å²) in [6.07, 6.45) is -3.46. The molecule has 2 rings (SSSR count). The molecule has 0 saturated carbocycles. The molecule has 1 heterocycles. The van der Waals surface area contributed by atoms with Crippen LogP contribution in [0.5, 0.6) is 0 Å². The predicted molar refractivity (Wildman–Crippen MR) is 71.1 cm³/mol. The fraction of sp³-hybridized carbons (Fsp3) is 0.333. The Kier molecular flexibility index (Phi) is 4.37. The van der Waals surface area contributed by atoms with E-state index in [-0.39, 0.29) is 17.4 Å². The summed E-state index contributed by atoms with van der Waals surface area (Å²) < 4.78 is 56.8. The van der Waals surface area contributed by atoms with Crippen molar-refractivity contribution in [3.05, 3.63) is 47.5 Å². The number of halogens is 4. The monoisotopic (exact) mass is 301 g/mol. The molecular weight excluding hydrogens is 286 g/mol. The highest BCUT2D eigenvalue weighted by Gasteiger charge is 2.34. The minimum atomic E-state index is -4.74. The van der Waals surface area contributed by atoms with Crippen LogP contribution in [-0.4, -0.2) is 6.04 Å². The van der Waals surface area contributed by atoms with Gasteiger partial charge in [-0.25, -0.2) is 4.39 Å². The van der Waals surface area contributed by atoms with Gasteiger partial charge in [0.1, 0.15) is 17.3 Å². The Morgan fingerprint density at radius 1 is 1.19 bits per heavy atom. The zero-order valence-electron chi connectivity index (χ0n) is 11.4. The van der Waals surface area contributed by atoms with Crippen LogP contribution in [0, 0.1) is 5.82 Å². The van der Waals surface area contributed by atoms with E-state index < -0.39 is 17.6 Å². The molecule has 2 aromatic rings. The normalized spacial score (nSPS) is 13.4. The topological polar surface area (TPSA) is 39.2 Å². The van der Waals surface area contributed by atoms with Crippen molar-refractivity contribution >= 4 is 0 Å². The molecule has 1 atom stereocenters. The highest BCUT2D eigenvalue weighted by molar-refractivity contribution is 5.59. The van der Waals surface area contributed by atoms with Crippen LogP contribution in [0.2, 0.25) is 0 Å². The Labute approximate surface area is 119 Å². The average Bonchev–Trinajstić information content (AvgIpc) is 2.86. The second-order valence-corrected chi connectivity index (χ2v) is 4.83. The number of nitrogens with two attached hydrogens (primary N) is 1. The van der Waals surface area contributed by atoms with E-state index in [0.29, 0.717) is 12.2 Å². The van der Waals surface area contributed by atoms with Gasteiger partial charge in [-0.15, -0.1) is 0 Å². The first kappa shape index (κ1) is 15.6. The van der Waals surface area contributed by atoms with Crippen molar-refractivity contribution < 1.29 is 22.0 Å². The number of hydrogen-bond donors (Lipinski definition) is 1. The molecule has 0 saturated heterocycles. The smallest absolute Gasteiger partial charge is 0.419 e. The molecule has 1 unspecified atom stereocenters. The van der Waals surface area contributed by atoms with E-state index in [9.17, 15) is 17.6 Å². The van der Waals surface area contributed by atoms with Crippen LogP contribution in [0.3, 0.4) is 0 Å². The highest BCUT2D eigenvalue weighted by atomic mass is 19.4. The van der Waals surface area contributed by atoms with Crippen LogP contribution in [0.25, 0.3) is 11.3 Å². The quantitative estimate of drug-likeness (QED) is 0.851. The molecule has 2 N–H and O–H groups in total. The lowest BCUT2D eigenvalue weighted by Crippen LogP contribution is -2.20. The molecule has 0 amide bonds. The summed E-state index contributed by atoms with van der Waals surface area (Å²) in [4.78, 5) is 0. The molecule has 0 radical (unpaired) electrons. The molecule has 21 heavy (non-hydrogen) atoms. The summed E-state index contributed by atoms with van der Waals surface area (Å²) in [5, 5.41) is 0. The van der Waals surface area contributed by atoms with Gasteiger partial charge in [0.15, 0.2) is 0 Å². The molecule has 0 fully saturated rings. The van der Waals surface area contributed by atoms with Gasteiger partial charge in [0, 0.05) is 18.0 Å². The van der Waals surface area contributed by atoms with Crippen molar-refractivity contribution in [1.82, 2.24) is 0 Å². The first-order chi connectivity index (χ1) is 9.81. The summed E-state index contributed by atoms with van der Waals surface area (Å²) in [5.74, 6) is -0.443. The molecule has 0 bridgehead atoms. The van der Waals surface area contributed by atoms with Crippen LogP contribution in [0.1, 0.15) is 24.7 Å². The Hall–Kier alpha value is -1.82. The maximum atomic E-state index is 13.2. The number of rotatable bonds is 4. The van der Waals surface area contributed by atoms with E-state index in [1.165, 1.54) is 6.07 Å². The molecule has 0 aliphatic rings. The van der Waals surface area contributed by atoms with Crippen LogP contribution in [0.15, 0.2) is 34.7 Å². The molecule has 0 aliphatic heterocycles.